The number of aliphatic hydroxyl groups excluding tert-OH is 2. The summed E-state index contributed by atoms with van der Waals surface area (Å²) in [5, 5.41) is 19.9. The van der Waals surface area contributed by atoms with E-state index in [1.54, 1.807) is 20.1 Å². The molecule has 4 atom stereocenters. The fourth-order valence-corrected chi connectivity index (χ4v) is 3.32. The molecule has 0 spiro atoms. The molecule has 5 nitrogen and oxygen atoms in total. The van der Waals surface area contributed by atoms with Crippen LogP contribution >= 0.6 is 0 Å². The molecule has 2 aromatic carbocycles. The third kappa shape index (κ3) is 2.32. The Morgan fingerprint density at radius 2 is 1.92 bits per heavy atom. The van der Waals surface area contributed by atoms with E-state index in [1.807, 2.05) is 24.3 Å². The van der Waals surface area contributed by atoms with Gasteiger partial charge in [-0.1, -0.05) is 13.0 Å². The van der Waals surface area contributed by atoms with Crippen molar-refractivity contribution in [2.75, 3.05) is 7.11 Å². The van der Waals surface area contributed by atoms with Gasteiger partial charge < -0.3 is 24.4 Å². The highest BCUT2D eigenvalue weighted by Crippen LogP contribution is 2.53. The van der Waals surface area contributed by atoms with Crippen LogP contribution in [0.3, 0.4) is 0 Å². The van der Waals surface area contributed by atoms with Crippen molar-refractivity contribution in [2.45, 2.75) is 38.1 Å². The Balaban J connectivity index is 1.73. The van der Waals surface area contributed by atoms with Gasteiger partial charge in [-0.25, -0.2) is 0 Å². The fourth-order valence-electron chi connectivity index (χ4n) is 3.32. The van der Waals surface area contributed by atoms with Crippen LogP contribution in [0.4, 0.5) is 0 Å². The molecule has 0 amide bonds. The van der Waals surface area contributed by atoms with E-state index in [1.165, 1.54) is 0 Å². The van der Waals surface area contributed by atoms with Gasteiger partial charge in [0.2, 0.25) is 0 Å². The third-order valence-corrected chi connectivity index (χ3v) is 4.79. The summed E-state index contributed by atoms with van der Waals surface area (Å²) in [4.78, 5) is 0. The molecular weight excluding hydrogens is 308 g/mol. The van der Waals surface area contributed by atoms with Crippen LogP contribution in [-0.2, 0) is 0 Å². The van der Waals surface area contributed by atoms with Crippen LogP contribution in [0.5, 0.6) is 23.0 Å². The molecule has 126 valence electrons. The van der Waals surface area contributed by atoms with Crippen molar-refractivity contribution >= 4 is 0 Å². The van der Waals surface area contributed by atoms with E-state index in [9.17, 15) is 10.2 Å². The van der Waals surface area contributed by atoms with Gasteiger partial charge in [0.05, 0.1) is 13.2 Å². The number of methoxy groups -OCH3 is 1. The summed E-state index contributed by atoms with van der Waals surface area (Å²) < 4.78 is 17.0. The summed E-state index contributed by atoms with van der Waals surface area (Å²) in [5.74, 6) is 3.17. The van der Waals surface area contributed by atoms with Crippen LogP contribution in [0.2, 0.25) is 0 Å². The zero-order chi connectivity index (χ0) is 17.0. The summed E-state index contributed by atoms with van der Waals surface area (Å²) in [6, 6.07) is 9.58. The molecule has 0 saturated heterocycles. The molecule has 4 rings (SSSR count). The number of aliphatic hydroxyl groups is 2. The first-order valence-electron chi connectivity index (χ1n) is 8.06. The van der Waals surface area contributed by atoms with E-state index in [0.717, 1.165) is 22.6 Å². The Hall–Kier alpha value is -2.24. The molecule has 24 heavy (non-hydrogen) atoms. The van der Waals surface area contributed by atoms with Gasteiger partial charge in [-0.05, 0) is 42.3 Å². The largest absolute Gasteiger partial charge is 0.493 e. The first kappa shape index (κ1) is 15.3. The second-order valence-electron chi connectivity index (χ2n) is 6.46. The molecule has 0 radical (unpaired) electrons. The molecule has 0 fully saturated rings. The van der Waals surface area contributed by atoms with Crippen molar-refractivity contribution in [1.82, 2.24) is 0 Å². The zero-order valence-corrected chi connectivity index (χ0v) is 13.8. The lowest BCUT2D eigenvalue weighted by molar-refractivity contribution is 0.0304. The molecule has 5 heteroatoms. The molecule has 0 saturated carbocycles. The summed E-state index contributed by atoms with van der Waals surface area (Å²) in [7, 11) is 1.57. The predicted octanol–water partition coefficient (Wildman–Crippen LogP) is 3.45. The van der Waals surface area contributed by atoms with Gasteiger partial charge in [-0.2, -0.15) is 0 Å². The first-order valence-corrected chi connectivity index (χ1v) is 8.06. The quantitative estimate of drug-likeness (QED) is 0.718. The molecular formula is C19H20O5. The van der Waals surface area contributed by atoms with Crippen molar-refractivity contribution in [2.24, 2.45) is 0 Å². The van der Waals surface area contributed by atoms with Gasteiger partial charge in [-0.15, -0.1) is 0 Å². The number of ether oxygens (including phenoxy) is 3. The highest BCUT2D eigenvalue weighted by Gasteiger charge is 2.37. The Bertz CT molecular complexity index is 799. The van der Waals surface area contributed by atoms with Gasteiger partial charge in [0, 0.05) is 11.5 Å². The molecule has 2 N–H and O–H groups in total. The van der Waals surface area contributed by atoms with Crippen LogP contribution in [-0.4, -0.2) is 23.4 Å². The van der Waals surface area contributed by atoms with E-state index < -0.39 is 12.2 Å². The number of rotatable bonds is 4. The Labute approximate surface area is 140 Å². The van der Waals surface area contributed by atoms with Crippen molar-refractivity contribution in [1.29, 1.82) is 0 Å². The molecule has 2 heterocycles. The summed E-state index contributed by atoms with van der Waals surface area (Å²) in [6.45, 7) is 3.65. The van der Waals surface area contributed by atoms with Crippen LogP contribution in [0, 0.1) is 0 Å². The molecule has 2 aliphatic heterocycles. The summed E-state index contributed by atoms with van der Waals surface area (Å²) >= 11 is 0. The predicted molar refractivity (Wildman–Crippen MR) is 87.9 cm³/mol. The van der Waals surface area contributed by atoms with Gasteiger partial charge in [-0.3, -0.25) is 0 Å². The molecule has 0 aromatic heterocycles. The maximum absolute atomic E-state index is 10.2. The van der Waals surface area contributed by atoms with Crippen molar-refractivity contribution in [3.8, 4) is 23.0 Å². The lowest BCUT2D eigenvalue weighted by Gasteiger charge is -2.17. The second-order valence-corrected chi connectivity index (χ2v) is 6.46. The lowest BCUT2D eigenvalue weighted by atomic mass is 9.90. The van der Waals surface area contributed by atoms with Crippen LogP contribution in [0.1, 0.15) is 48.7 Å². The van der Waals surface area contributed by atoms with E-state index in [4.69, 9.17) is 14.2 Å². The standard InChI is InChI=1S/C19H20O5/c1-9-13-6-12(17(21)10(2)20)8-16(22-3)19(13)24-18(9)11-4-5-14-15(7-11)23-14/h4-10,17-18,20-21H,1-3H3. The van der Waals surface area contributed by atoms with Gasteiger partial charge in [0.25, 0.3) is 0 Å². The van der Waals surface area contributed by atoms with Crippen LogP contribution in [0.15, 0.2) is 30.3 Å². The average Bonchev–Trinajstić information content (AvgIpc) is 3.29. The summed E-state index contributed by atoms with van der Waals surface area (Å²) in [5.41, 5.74) is 2.65. The Morgan fingerprint density at radius 3 is 2.58 bits per heavy atom. The second kappa shape index (κ2) is 5.40. The van der Waals surface area contributed by atoms with Gasteiger partial charge >= 0.3 is 0 Å². The maximum atomic E-state index is 10.2. The van der Waals surface area contributed by atoms with Crippen molar-refractivity contribution in [3.63, 3.8) is 0 Å². The van der Waals surface area contributed by atoms with Crippen LogP contribution < -0.4 is 14.2 Å². The number of benzene rings is 2. The number of hydrogen-bond acceptors (Lipinski definition) is 5. The van der Waals surface area contributed by atoms with Crippen molar-refractivity contribution < 1.29 is 24.4 Å². The Kier molecular flexibility index (Phi) is 3.44. The van der Waals surface area contributed by atoms with Crippen LogP contribution in [0.25, 0.3) is 0 Å². The molecule has 2 aromatic rings. The normalized spacial score (nSPS) is 22.7. The van der Waals surface area contributed by atoms with E-state index in [2.05, 4.69) is 6.92 Å². The highest BCUT2D eigenvalue weighted by atomic mass is 16.6. The van der Waals surface area contributed by atoms with E-state index >= 15 is 0 Å². The lowest BCUT2D eigenvalue weighted by Crippen LogP contribution is -2.14. The monoisotopic (exact) mass is 328 g/mol. The third-order valence-electron chi connectivity index (χ3n) is 4.79. The SMILES string of the molecule is COc1cc(C(O)C(C)O)cc2c1OC(c1ccc3c(c1)O3)C2C. The summed E-state index contributed by atoms with van der Waals surface area (Å²) in [6.07, 6.45) is -1.96. The smallest absolute Gasteiger partial charge is 0.170 e. The number of hydrogen-bond donors (Lipinski definition) is 2. The van der Waals surface area contributed by atoms with E-state index in [0.29, 0.717) is 17.1 Å². The van der Waals surface area contributed by atoms with Gasteiger partial charge in [0.15, 0.2) is 23.0 Å². The first-order chi connectivity index (χ1) is 11.5. The van der Waals surface area contributed by atoms with Crippen molar-refractivity contribution in [3.05, 3.63) is 47.0 Å². The average molecular weight is 328 g/mol. The molecule has 2 aliphatic rings. The Morgan fingerprint density at radius 1 is 1.12 bits per heavy atom. The minimum atomic E-state index is -0.961. The molecule has 0 aliphatic carbocycles. The fraction of sp³-hybridized carbons (Fsp3) is 0.368. The number of fused-ring (bicyclic) bond motifs is 2. The minimum Gasteiger partial charge on any atom is -0.493 e. The molecule has 0 bridgehead atoms. The van der Waals surface area contributed by atoms with E-state index in [-0.39, 0.29) is 12.0 Å². The zero-order valence-electron chi connectivity index (χ0n) is 13.8. The van der Waals surface area contributed by atoms with Gasteiger partial charge in [0.1, 0.15) is 12.2 Å². The molecule has 4 unspecified atom stereocenters. The highest BCUT2D eigenvalue weighted by molar-refractivity contribution is 5.59. The topological polar surface area (TPSA) is 71.5 Å². The minimum absolute atomic E-state index is 0.0897. The maximum Gasteiger partial charge on any atom is 0.170 e.